The van der Waals surface area contributed by atoms with Crippen molar-refractivity contribution in [2.75, 3.05) is 13.7 Å². The van der Waals surface area contributed by atoms with Crippen molar-refractivity contribution in [3.63, 3.8) is 0 Å². The van der Waals surface area contributed by atoms with E-state index in [-0.39, 0.29) is 6.04 Å². The molecule has 0 aliphatic heterocycles. The molecule has 136 valence electrons. The van der Waals surface area contributed by atoms with Gasteiger partial charge in [-0.1, -0.05) is 36.4 Å². The molecule has 0 aliphatic rings. The van der Waals surface area contributed by atoms with Crippen molar-refractivity contribution < 1.29 is 9.47 Å². The molecule has 26 heavy (non-hydrogen) atoms. The maximum absolute atomic E-state index is 5.68. The van der Waals surface area contributed by atoms with Gasteiger partial charge in [0.25, 0.3) is 0 Å². The highest BCUT2D eigenvalue weighted by atomic mass is 16.5. The van der Waals surface area contributed by atoms with E-state index in [1.807, 2.05) is 61.3 Å². The van der Waals surface area contributed by atoms with Crippen LogP contribution >= 0.6 is 0 Å². The van der Waals surface area contributed by atoms with Crippen LogP contribution in [0.25, 0.3) is 0 Å². The summed E-state index contributed by atoms with van der Waals surface area (Å²) in [5.74, 6) is 2.50. The maximum atomic E-state index is 5.68. The fourth-order valence-electron chi connectivity index (χ4n) is 2.98. The average Bonchev–Trinajstić information content (AvgIpc) is 3.09. The van der Waals surface area contributed by atoms with Gasteiger partial charge in [-0.2, -0.15) is 0 Å². The van der Waals surface area contributed by atoms with Crippen molar-refractivity contribution >= 4 is 0 Å². The summed E-state index contributed by atoms with van der Waals surface area (Å²) in [6.45, 7) is 3.26. The molecule has 1 N–H and O–H groups in total. The lowest BCUT2D eigenvalue weighted by molar-refractivity contribution is 0.310. The summed E-state index contributed by atoms with van der Waals surface area (Å²) in [6, 6.07) is 16.4. The Labute approximate surface area is 154 Å². The summed E-state index contributed by atoms with van der Waals surface area (Å²) in [7, 11) is 3.67. The topological polar surface area (TPSA) is 48.3 Å². The van der Waals surface area contributed by atoms with Gasteiger partial charge in [0.2, 0.25) is 0 Å². The molecule has 0 amide bonds. The summed E-state index contributed by atoms with van der Waals surface area (Å²) in [4.78, 5) is 4.53. The minimum Gasteiger partial charge on any atom is -0.493 e. The average molecular weight is 351 g/mol. The van der Waals surface area contributed by atoms with E-state index >= 15 is 0 Å². The second-order valence-electron chi connectivity index (χ2n) is 6.04. The van der Waals surface area contributed by atoms with Crippen LogP contribution in [0.1, 0.15) is 29.9 Å². The van der Waals surface area contributed by atoms with E-state index in [9.17, 15) is 0 Å². The Bertz CT molecular complexity index is 830. The Morgan fingerprint density at radius 1 is 1.12 bits per heavy atom. The van der Waals surface area contributed by atoms with Gasteiger partial charge in [0, 0.05) is 26.0 Å². The first-order valence-electron chi connectivity index (χ1n) is 8.78. The number of methoxy groups -OCH3 is 1. The van der Waals surface area contributed by atoms with Gasteiger partial charge in [-0.25, -0.2) is 4.98 Å². The van der Waals surface area contributed by atoms with Crippen molar-refractivity contribution in [2.45, 2.75) is 19.5 Å². The minimum absolute atomic E-state index is 0.00819. The van der Waals surface area contributed by atoms with E-state index in [1.54, 1.807) is 7.11 Å². The zero-order valence-electron chi connectivity index (χ0n) is 15.5. The van der Waals surface area contributed by atoms with Crippen LogP contribution in [0.3, 0.4) is 0 Å². The van der Waals surface area contributed by atoms with Crippen LogP contribution < -0.4 is 14.8 Å². The molecule has 3 rings (SSSR count). The number of benzene rings is 2. The van der Waals surface area contributed by atoms with E-state index in [2.05, 4.69) is 28.5 Å². The normalized spacial score (nSPS) is 12.0. The van der Waals surface area contributed by atoms with Crippen molar-refractivity contribution in [3.05, 3.63) is 77.9 Å². The zero-order valence-corrected chi connectivity index (χ0v) is 15.5. The summed E-state index contributed by atoms with van der Waals surface area (Å²) in [5, 5.41) is 3.62. The SMILES string of the molecule is CCOc1cc(CN[C@@H](c2ccccc2)c2nccn2C)ccc1OC. The third-order valence-electron chi connectivity index (χ3n) is 4.29. The van der Waals surface area contributed by atoms with Crippen molar-refractivity contribution in [3.8, 4) is 11.5 Å². The molecule has 3 aromatic rings. The Hall–Kier alpha value is -2.79. The molecule has 1 aromatic heterocycles. The number of nitrogens with zero attached hydrogens (tertiary/aromatic N) is 2. The van der Waals surface area contributed by atoms with Crippen molar-refractivity contribution in [2.24, 2.45) is 7.05 Å². The van der Waals surface area contributed by atoms with E-state index in [0.29, 0.717) is 13.2 Å². The van der Waals surface area contributed by atoms with Gasteiger partial charge in [0.05, 0.1) is 19.8 Å². The molecule has 5 heteroatoms. The zero-order chi connectivity index (χ0) is 18.4. The van der Waals surface area contributed by atoms with Crippen molar-refractivity contribution in [1.29, 1.82) is 0 Å². The van der Waals surface area contributed by atoms with E-state index in [1.165, 1.54) is 5.56 Å². The Balaban J connectivity index is 1.82. The number of rotatable bonds is 8. The van der Waals surface area contributed by atoms with Gasteiger partial charge in [-0.05, 0) is 30.2 Å². The summed E-state index contributed by atoms with van der Waals surface area (Å²) in [5.41, 5.74) is 2.31. The molecule has 1 atom stereocenters. The molecule has 5 nitrogen and oxygen atoms in total. The highest BCUT2D eigenvalue weighted by molar-refractivity contribution is 5.43. The number of aromatic nitrogens is 2. The highest BCUT2D eigenvalue weighted by Crippen LogP contribution is 2.28. The Morgan fingerprint density at radius 3 is 2.58 bits per heavy atom. The Morgan fingerprint density at radius 2 is 1.92 bits per heavy atom. The van der Waals surface area contributed by atoms with Crippen LogP contribution in [0.4, 0.5) is 0 Å². The quantitative estimate of drug-likeness (QED) is 0.672. The molecule has 0 aliphatic carbocycles. The lowest BCUT2D eigenvalue weighted by Gasteiger charge is -2.20. The second kappa shape index (κ2) is 8.54. The number of nitrogens with one attached hydrogen (secondary N) is 1. The molecule has 1 heterocycles. The van der Waals surface area contributed by atoms with Gasteiger partial charge in [0.15, 0.2) is 11.5 Å². The number of ether oxygens (including phenoxy) is 2. The number of imidazole rings is 1. The molecule has 0 bridgehead atoms. The first-order chi connectivity index (χ1) is 12.7. The molecule has 0 fully saturated rings. The van der Waals surface area contributed by atoms with Crippen LogP contribution in [-0.4, -0.2) is 23.3 Å². The number of aryl methyl sites for hydroxylation is 1. The van der Waals surface area contributed by atoms with E-state index in [0.717, 1.165) is 22.9 Å². The predicted molar refractivity (Wildman–Crippen MR) is 102 cm³/mol. The van der Waals surface area contributed by atoms with Gasteiger partial charge in [-0.3, -0.25) is 5.32 Å². The lowest BCUT2D eigenvalue weighted by Crippen LogP contribution is -2.24. The molecule has 0 saturated carbocycles. The minimum atomic E-state index is 0.00819. The largest absolute Gasteiger partial charge is 0.493 e. The predicted octanol–water partition coefficient (Wildman–Crippen LogP) is 3.71. The van der Waals surface area contributed by atoms with Crippen LogP contribution in [-0.2, 0) is 13.6 Å². The molecular formula is C21H25N3O2. The number of hydrogen-bond acceptors (Lipinski definition) is 4. The van der Waals surface area contributed by atoms with E-state index in [4.69, 9.17) is 9.47 Å². The first-order valence-corrected chi connectivity index (χ1v) is 8.78. The van der Waals surface area contributed by atoms with Crippen LogP contribution in [0, 0.1) is 0 Å². The third kappa shape index (κ3) is 4.06. The summed E-state index contributed by atoms with van der Waals surface area (Å²) in [6.07, 6.45) is 3.79. The molecule has 0 unspecified atom stereocenters. The third-order valence-corrected chi connectivity index (χ3v) is 4.29. The standard InChI is InChI=1S/C21H25N3O2/c1-4-26-19-14-16(10-11-18(19)25-3)15-23-20(17-8-6-5-7-9-17)21-22-12-13-24(21)2/h5-14,20,23H,4,15H2,1-3H3/t20-/m0/s1. The number of hydrogen-bond donors (Lipinski definition) is 1. The van der Waals surface area contributed by atoms with Gasteiger partial charge >= 0.3 is 0 Å². The summed E-state index contributed by atoms with van der Waals surface area (Å²) < 4.78 is 13.1. The van der Waals surface area contributed by atoms with Crippen LogP contribution in [0.15, 0.2) is 60.9 Å². The molecule has 0 spiro atoms. The van der Waals surface area contributed by atoms with Crippen molar-refractivity contribution in [1.82, 2.24) is 14.9 Å². The lowest BCUT2D eigenvalue weighted by atomic mass is 10.1. The molecule has 0 saturated heterocycles. The smallest absolute Gasteiger partial charge is 0.161 e. The van der Waals surface area contributed by atoms with E-state index < -0.39 is 0 Å². The molecule has 0 radical (unpaired) electrons. The molecule has 2 aromatic carbocycles. The second-order valence-corrected chi connectivity index (χ2v) is 6.04. The first kappa shape index (κ1) is 18.0. The van der Waals surface area contributed by atoms with Gasteiger partial charge in [0.1, 0.15) is 5.82 Å². The fourth-order valence-corrected chi connectivity index (χ4v) is 2.98. The summed E-state index contributed by atoms with van der Waals surface area (Å²) >= 11 is 0. The monoisotopic (exact) mass is 351 g/mol. The van der Waals surface area contributed by atoms with Crippen LogP contribution in [0.5, 0.6) is 11.5 Å². The Kier molecular flexibility index (Phi) is 5.92. The highest BCUT2D eigenvalue weighted by Gasteiger charge is 2.18. The maximum Gasteiger partial charge on any atom is 0.161 e. The van der Waals surface area contributed by atoms with Crippen LogP contribution in [0.2, 0.25) is 0 Å². The fraction of sp³-hybridized carbons (Fsp3) is 0.286. The van der Waals surface area contributed by atoms with Gasteiger partial charge in [-0.15, -0.1) is 0 Å². The van der Waals surface area contributed by atoms with Gasteiger partial charge < -0.3 is 14.0 Å². The molecular weight excluding hydrogens is 326 g/mol.